The van der Waals surface area contributed by atoms with Crippen molar-refractivity contribution in [3.05, 3.63) is 99.1 Å². The molecule has 0 saturated carbocycles. The summed E-state index contributed by atoms with van der Waals surface area (Å²) in [5, 5.41) is 20.1. The third kappa shape index (κ3) is 7.05. The average Bonchev–Trinajstić information content (AvgIpc) is 3.27. The van der Waals surface area contributed by atoms with Gasteiger partial charge in [0.1, 0.15) is 0 Å². The summed E-state index contributed by atoms with van der Waals surface area (Å²) >= 11 is 0. The standard InChI is InChI=1S/C34H37N3O6/c1-5-7-18-34(19-8-6-2)30-20-26(14-16-28(30)29-17-15-27(37(40)41)21-31(29)34)33(36-43-24(4)39)22-32(35-42-23(3)38)25-12-10-9-11-13-25/h9-17,20-21H,5-8,18-19,22H2,1-4H3/b35-32-,36-33-. The van der Waals surface area contributed by atoms with E-state index < -0.39 is 17.4 Å². The van der Waals surface area contributed by atoms with Crippen LogP contribution in [0.4, 0.5) is 5.69 Å². The van der Waals surface area contributed by atoms with Crippen LogP contribution < -0.4 is 0 Å². The summed E-state index contributed by atoms with van der Waals surface area (Å²) in [6.45, 7) is 6.84. The molecule has 1 aliphatic carbocycles. The first-order chi connectivity index (χ1) is 20.7. The molecule has 0 bridgehead atoms. The molecule has 0 aromatic heterocycles. The lowest BCUT2D eigenvalue weighted by molar-refractivity contribution is -0.384. The van der Waals surface area contributed by atoms with Gasteiger partial charge in [0.25, 0.3) is 5.69 Å². The predicted molar refractivity (Wildman–Crippen MR) is 166 cm³/mol. The van der Waals surface area contributed by atoms with Gasteiger partial charge in [-0.15, -0.1) is 0 Å². The zero-order chi connectivity index (χ0) is 31.0. The molecule has 0 N–H and O–H groups in total. The number of rotatable bonds is 13. The summed E-state index contributed by atoms with van der Waals surface area (Å²) in [5.74, 6) is -1.13. The van der Waals surface area contributed by atoms with Crippen molar-refractivity contribution in [2.24, 2.45) is 10.3 Å². The van der Waals surface area contributed by atoms with Crippen molar-refractivity contribution < 1.29 is 24.2 Å². The largest absolute Gasteiger partial charge is 0.331 e. The van der Waals surface area contributed by atoms with E-state index in [1.54, 1.807) is 12.1 Å². The molecule has 224 valence electrons. The van der Waals surface area contributed by atoms with E-state index in [0.29, 0.717) is 17.0 Å². The van der Waals surface area contributed by atoms with Gasteiger partial charge in [-0.2, -0.15) is 0 Å². The van der Waals surface area contributed by atoms with E-state index in [1.165, 1.54) is 13.8 Å². The van der Waals surface area contributed by atoms with Gasteiger partial charge in [-0.05, 0) is 52.8 Å². The van der Waals surface area contributed by atoms with Gasteiger partial charge < -0.3 is 9.68 Å². The number of carbonyl (C=O) groups excluding carboxylic acids is 2. The highest BCUT2D eigenvalue weighted by Crippen LogP contribution is 2.55. The fourth-order valence-electron chi connectivity index (χ4n) is 5.80. The Morgan fingerprint density at radius 3 is 1.84 bits per heavy atom. The third-order valence-electron chi connectivity index (χ3n) is 7.81. The van der Waals surface area contributed by atoms with Crippen molar-refractivity contribution in [3.8, 4) is 11.1 Å². The molecule has 0 unspecified atom stereocenters. The zero-order valence-corrected chi connectivity index (χ0v) is 25.1. The first-order valence-electron chi connectivity index (χ1n) is 14.7. The van der Waals surface area contributed by atoms with E-state index in [1.807, 2.05) is 48.5 Å². The van der Waals surface area contributed by atoms with Crippen LogP contribution >= 0.6 is 0 Å². The fraction of sp³-hybridized carbons (Fsp3) is 0.353. The molecule has 0 fully saturated rings. The number of carbonyl (C=O) groups is 2. The van der Waals surface area contributed by atoms with Crippen molar-refractivity contribution in [1.29, 1.82) is 0 Å². The summed E-state index contributed by atoms with van der Waals surface area (Å²) in [6.07, 6.45) is 5.67. The molecule has 0 atom stereocenters. The summed E-state index contributed by atoms with van der Waals surface area (Å²) in [6, 6.07) is 20.4. The van der Waals surface area contributed by atoms with Crippen LogP contribution in [-0.4, -0.2) is 28.3 Å². The van der Waals surface area contributed by atoms with Crippen LogP contribution in [0.1, 0.15) is 94.9 Å². The lowest BCUT2D eigenvalue weighted by Crippen LogP contribution is -2.26. The van der Waals surface area contributed by atoms with E-state index in [0.717, 1.165) is 66.3 Å². The second kappa shape index (κ2) is 14.0. The quantitative estimate of drug-likeness (QED) is 0.0874. The molecule has 43 heavy (non-hydrogen) atoms. The summed E-state index contributed by atoms with van der Waals surface area (Å²) < 4.78 is 0. The Bertz CT molecular complexity index is 1550. The van der Waals surface area contributed by atoms with Crippen LogP contribution in [0.15, 0.2) is 77.0 Å². The van der Waals surface area contributed by atoms with E-state index in [4.69, 9.17) is 9.68 Å². The summed E-state index contributed by atoms with van der Waals surface area (Å²) in [4.78, 5) is 45.1. The van der Waals surface area contributed by atoms with Crippen LogP contribution in [0.2, 0.25) is 0 Å². The van der Waals surface area contributed by atoms with Gasteiger partial charge in [-0.1, -0.05) is 92.3 Å². The molecule has 0 saturated heterocycles. The molecule has 3 aromatic carbocycles. The minimum Gasteiger partial charge on any atom is -0.318 e. The van der Waals surface area contributed by atoms with Gasteiger partial charge >= 0.3 is 11.9 Å². The highest BCUT2D eigenvalue weighted by atomic mass is 16.7. The predicted octanol–water partition coefficient (Wildman–Crippen LogP) is 7.87. The van der Waals surface area contributed by atoms with Crippen LogP contribution in [-0.2, 0) is 24.7 Å². The number of nitrogens with zero attached hydrogens (tertiary/aromatic N) is 3. The molecule has 9 heteroatoms. The van der Waals surface area contributed by atoms with E-state index >= 15 is 0 Å². The van der Waals surface area contributed by atoms with Gasteiger partial charge in [-0.25, -0.2) is 9.59 Å². The number of hydrogen-bond acceptors (Lipinski definition) is 8. The van der Waals surface area contributed by atoms with Crippen molar-refractivity contribution in [1.82, 2.24) is 0 Å². The summed E-state index contributed by atoms with van der Waals surface area (Å²) in [5.41, 5.74) is 6.05. The van der Waals surface area contributed by atoms with Crippen molar-refractivity contribution in [2.75, 3.05) is 0 Å². The maximum Gasteiger partial charge on any atom is 0.331 e. The molecular weight excluding hydrogens is 546 g/mol. The Hall–Kier alpha value is -4.66. The minimum atomic E-state index is -0.572. The number of nitro groups is 1. The number of non-ortho nitro benzene ring substituents is 1. The maximum atomic E-state index is 11.8. The number of hydrogen-bond donors (Lipinski definition) is 0. The van der Waals surface area contributed by atoms with Crippen LogP contribution in [0.3, 0.4) is 0 Å². The Balaban J connectivity index is 1.89. The van der Waals surface area contributed by atoms with Crippen molar-refractivity contribution in [2.45, 2.75) is 78.1 Å². The number of oxime groups is 2. The van der Waals surface area contributed by atoms with E-state index in [9.17, 15) is 19.7 Å². The lowest BCUT2D eigenvalue weighted by Gasteiger charge is -2.32. The van der Waals surface area contributed by atoms with E-state index in [2.05, 4.69) is 30.2 Å². The Morgan fingerprint density at radius 1 is 0.767 bits per heavy atom. The minimum absolute atomic E-state index is 0.0791. The second-order valence-electron chi connectivity index (χ2n) is 10.8. The molecule has 0 radical (unpaired) electrons. The van der Waals surface area contributed by atoms with Crippen molar-refractivity contribution in [3.63, 3.8) is 0 Å². The second-order valence-corrected chi connectivity index (χ2v) is 10.8. The maximum absolute atomic E-state index is 11.8. The first-order valence-corrected chi connectivity index (χ1v) is 14.7. The van der Waals surface area contributed by atoms with Gasteiger partial charge in [-0.3, -0.25) is 10.1 Å². The SMILES string of the molecule is CCCCC1(CCCC)c2cc(/C(C/C(=N/OC(C)=O)c3ccccc3)=N\OC(C)=O)ccc2-c2ccc([N+](=O)[O-])cc21. The monoisotopic (exact) mass is 583 g/mol. The topological polar surface area (TPSA) is 120 Å². The molecule has 9 nitrogen and oxygen atoms in total. The molecule has 0 amide bonds. The molecule has 4 rings (SSSR count). The van der Waals surface area contributed by atoms with Gasteiger partial charge in [0.2, 0.25) is 0 Å². The smallest absolute Gasteiger partial charge is 0.318 e. The Labute approximate surface area is 251 Å². The van der Waals surface area contributed by atoms with Gasteiger partial charge in [0.05, 0.1) is 16.3 Å². The van der Waals surface area contributed by atoms with Crippen LogP contribution in [0.25, 0.3) is 11.1 Å². The fourth-order valence-corrected chi connectivity index (χ4v) is 5.80. The highest BCUT2D eigenvalue weighted by molar-refractivity contribution is 6.18. The Morgan fingerprint density at radius 2 is 1.30 bits per heavy atom. The summed E-state index contributed by atoms with van der Waals surface area (Å²) in [7, 11) is 0. The van der Waals surface area contributed by atoms with Gasteiger partial charge in [0.15, 0.2) is 0 Å². The molecule has 3 aromatic rings. The van der Waals surface area contributed by atoms with Crippen LogP contribution in [0, 0.1) is 10.1 Å². The molecule has 0 spiro atoms. The Kier molecular flexibility index (Phi) is 10.2. The number of benzene rings is 3. The zero-order valence-electron chi connectivity index (χ0n) is 25.1. The molecule has 0 heterocycles. The number of nitro benzene ring substituents is 1. The third-order valence-corrected chi connectivity index (χ3v) is 7.81. The van der Waals surface area contributed by atoms with Crippen molar-refractivity contribution >= 4 is 29.0 Å². The lowest BCUT2D eigenvalue weighted by atomic mass is 9.70. The first kappa shape index (κ1) is 31.3. The molecule has 1 aliphatic rings. The van der Waals surface area contributed by atoms with Gasteiger partial charge in [0, 0.05) is 43.4 Å². The number of unbranched alkanes of at least 4 members (excludes halogenated alkanes) is 2. The average molecular weight is 584 g/mol. The van der Waals surface area contributed by atoms with Crippen LogP contribution in [0.5, 0.6) is 0 Å². The normalized spacial score (nSPS) is 13.7. The highest BCUT2D eigenvalue weighted by Gasteiger charge is 2.43. The number of fused-ring (bicyclic) bond motifs is 3. The van der Waals surface area contributed by atoms with E-state index in [-0.39, 0.29) is 17.0 Å². The molecular formula is C34H37N3O6. The molecule has 0 aliphatic heterocycles.